The van der Waals surface area contributed by atoms with E-state index in [0.29, 0.717) is 16.8 Å². The summed E-state index contributed by atoms with van der Waals surface area (Å²) < 4.78 is 31.2. The second-order valence-corrected chi connectivity index (χ2v) is 4.01. The minimum atomic E-state index is -1.54. The Balaban J connectivity index is 2.02. The quantitative estimate of drug-likeness (QED) is 0.816. The number of rotatable bonds is 4. The smallest absolute Gasteiger partial charge is 0.488 e. The molecule has 0 aromatic heterocycles. The fourth-order valence-electron chi connectivity index (χ4n) is 1.60. The van der Waals surface area contributed by atoms with Gasteiger partial charge in [0.1, 0.15) is 24.0 Å². The van der Waals surface area contributed by atoms with Gasteiger partial charge in [-0.3, -0.25) is 0 Å². The van der Waals surface area contributed by atoms with E-state index >= 15 is 0 Å². The molecule has 0 bridgehead atoms. The van der Waals surface area contributed by atoms with Crippen molar-refractivity contribution in [3.05, 3.63) is 59.7 Å². The molecule has 2 aromatic rings. The molecule has 0 spiro atoms. The summed E-state index contributed by atoms with van der Waals surface area (Å²) in [7, 11) is -1.54. The molecule has 19 heavy (non-hydrogen) atoms. The maximum atomic E-state index is 12.9. The van der Waals surface area contributed by atoms with Gasteiger partial charge in [0.05, 0.1) is 0 Å². The molecule has 2 rings (SSSR count). The molecule has 0 aliphatic rings. The molecule has 0 unspecified atom stereocenters. The maximum Gasteiger partial charge on any atom is 0.488 e. The Morgan fingerprint density at radius 2 is 1.53 bits per heavy atom. The molecule has 6 heteroatoms. The molecule has 0 saturated heterocycles. The van der Waals surface area contributed by atoms with Gasteiger partial charge in [0.2, 0.25) is 0 Å². The van der Waals surface area contributed by atoms with E-state index in [2.05, 4.69) is 0 Å². The lowest BCUT2D eigenvalue weighted by atomic mass is 9.80. The van der Waals surface area contributed by atoms with Crippen LogP contribution < -0.4 is 10.2 Å². The van der Waals surface area contributed by atoms with Crippen molar-refractivity contribution < 1.29 is 23.6 Å². The Bertz CT molecular complexity index is 538. The van der Waals surface area contributed by atoms with E-state index in [1.807, 2.05) is 0 Å². The lowest BCUT2D eigenvalue weighted by molar-refractivity contribution is 0.305. The van der Waals surface area contributed by atoms with E-state index in [4.69, 9.17) is 14.8 Å². The van der Waals surface area contributed by atoms with Gasteiger partial charge < -0.3 is 14.8 Å². The molecule has 2 aromatic carbocycles. The van der Waals surface area contributed by atoms with Gasteiger partial charge in [0.15, 0.2) is 0 Å². The molecule has 0 atom stereocenters. The number of hydrogen-bond acceptors (Lipinski definition) is 3. The lowest BCUT2D eigenvalue weighted by Gasteiger charge is -2.07. The Hall–Kier alpha value is -1.92. The van der Waals surface area contributed by atoms with Crippen molar-refractivity contribution in [1.29, 1.82) is 0 Å². The highest BCUT2D eigenvalue weighted by molar-refractivity contribution is 6.58. The van der Waals surface area contributed by atoms with Crippen LogP contribution in [0.2, 0.25) is 0 Å². The van der Waals surface area contributed by atoms with Gasteiger partial charge in [-0.25, -0.2) is 8.78 Å². The summed E-state index contributed by atoms with van der Waals surface area (Å²) >= 11 is 0. The Labute approximate surface area is 109 Å². The molecule has 0 fully saturated rings. The highest BCUT2D eigenvalue weighted by Gasteiger charge is 2.10. The minimum Gasteiger partial charge on any atom is -0.489 e. The van der Waals surface area contributed by atoms with Crippen LogP contribution in [0.25, 0.3) is 0 Å². The first-order valence-corrected chi connectivity index (χ1v) is 5.58. The van der Waals surface area contributed by atoms with Gasteiger partial charge >= 0.3 is 7.12 Å². The molecular formula is C13H11BF2O3. The molecule has 0 amide bonds. The highest BCUT2D eigenvalue weighted by Crippen LogP contribution is 2.13. The van der Waals surface area contributed by atoms with Gasteiger partial charge in [-0.1, -0.05) is 12.1 Å². The van der Waals surface area contributed by atoms with Crippen molar-refractivity contribution in [2.24, 2.45) is 0 Å². The van der Waals surface area contributed by atoms with Crippen LogP contribution in [0.4, 0.5) is 8.78 Å². The number of hydrogen-bond donors (Lipinski definition) is 2. The number of halogens is 2. The van der Waals surface area contributed by atoms with Gasteiger partial charge in [0.25, 0.3) is 0 Å². The van der Waals surface area contributed by atoms with E-state index in [9.17, 15) is 8.78 Å². The van der Waals surface area contributed by atoms with Crippen molar-refractivity contribution in [2.75, 3.05) is 0 Å². The summed E-state index contributed by atoms with van der Waals surface area (Å²) in [5.41, 5.74) is 0.716. The van der Waals surface area contributed by atoms with E-state index in [-0.39, 0.29) is 6.61 Å². The van der Waals surface area contributed by atoms with Crippen molar-refractivity contribution in [2.45, 2.75) is 6.61 Å². The maximum absolute atomic E-state index is 12.9. The van der Waals surface area contributed by atoms with Crippen LogP contribution >= 0.6 is 0 Å². The first-order valence-electron chi connectivity index (χ1n) is 5.58. The first kappa shape index (κ1) is 13.5. The molecule has 2 N–H and O–H groups in total. The summed E-state index contributed by atoms with van der Waals surface area (Å²) in [6, 6.07) is 9.25. The van der Waals surface area contributed by atoms with Crippen molar-refractivity contribution in [3.63, 3.8) is 0 Å². The van der Waals surface area contributed by atoms with E-state index in [1.165, 1.54) is 24.3 Å². The zero-order valence-corrected chi connectivity index (χ0v) is 9.88. The monoisotopic (exact) mass is 264 g/mol. The molecule has 0 aliphatic heterocycles. The zero-order chi connectivity index (χ0) is 13.8. The van der Waals surface area contributed by atoms with Gasteiger partial charge in [-0.15, -0.1) is 0 Å². The van der Waals surface area contributed by atoms with Crippen molar-refractivity contribution >= 4 is 12.6 Å². The Kier molecular flexibility index (Phi) is 4.14. The number of benzene rings is 2. The lowest BCUT2D eigenvalue weighted by Crippen LogP contribution is -2.29. The van der Waals surface area contributed by atoms with Gasteiger partial charge in [-0.2, -0.15) is 0 Å². The normalized spacial score (nSPS) is 10.3. The van der Waals surface area contributed by atoms with Gasteiger partial charge in [-0.05, 0) is 35.3 Å². The third kappa shape index (κ3) is 3.77. The largest absolute Gasteiger partial charge is 0.489 e. The fraction of sp³-hybridized carbons (Fsp3) is 0.0769. The van der Waals surface area contributed by atoms with Crippen LogP contribution in [0.15, 0.2) is 42.5 Å². The number of ether oxygens (including phenoxy) is 1. The van der Waals surface area contributed by atoms with Crippen molar-refractivity contribution in [1.82, 2.24) is 0 Å². The Morgan fingerprint density at radius 3 is 2.05 bits per heavy atom. The second kappa shape index (κ2) is 5.82. The van der Waals surface area contributed by atoms with Crippen LogP contribution in [0.3, 0.4) is 0 Å². The fourth-order valence-corrected chi connectivity index (χ4v) is 1.60. The first-order chi connectivity index (χ1) is 9.04. The third-order valence-corrected chi connectivity index (χ3v) is 2.51. The Morgan fingerprint density at radius 1 is 0.947 bits per heavy atom. The van der Waals surface area contributed by atoms with Crippen LogP contribution in [0.1, 0.15) is 5.56 Å². The average molecular weight is 264 g/mol. The molecule has 0 radical (unpaired) electrons. The summed E-state index contributed by atoms with van der Waals surface area (Å²) in [4.78, 5) is 0. The molecule has 98 valence electrons. The molecular weight excluding hydrogens is 253 g/mol. The zero-order valence-electron chi connectivity index (χ0n) is 9.88. The molecule has 3 nitrogen and oxygen atoms in total. The predicted molar refractivity (Wildman–Crippen MR) is 67.0 cm³/mol. The van der Waals surface area contributed by atoms with Crippen LogP contribution in [-0.4, -0.2) is 17.2 Å². The summed E-state index contributed by atoms with van der Waals surface area (Å²) in [5.74, 6) is -0.844. The summed E-state index contributed by atoms with van der Waals surface area (Å²) in [6.45, 7) is 0.0235. The summed E-state index contributed by atoms with van der Waals surface area (Å²) in [6.07, 6.45) is 0. The standard InChI is InChI=1S/C13H11BF2O3/c15-11-5-9(6-12(16)7-11)8-19-13-3-1-10(2-4-13)14(17)18/h1-7,17-18H,8H2. The van der Waals surface area contributed by atoms with Crippen LogP contribution in [0.5, 0.6) is 5.75 Å². The van der Waals surface area contributed by atoms with Crippen LogP contribution in [-0.2, 0) is 6.61 Å². The molecule has 0 saturated carbocycles. The average Bonchev–Trinajstić information content (AvgIpc) is 2.36. The topological polar surface area (TPSA) is 49.7 Å². The minimum absolute atomic E-state index is 0.0235. The van der Waals surface area contributed by atoms with E-state index < -0.39 is 18.8 Å². The molecule has 0 aliphatic carbocycles. The highest BCUT2D eigenvalue weighted by atomic mass is 19.1. The van der Waals surface area contributed by atoms with E-state index in [0.717, 1.165) is 6.07 Å². The summed E-state index contributed by atoms with van der Waals surface area (Å²) in [5, 5.41) is 17.8. The third-order valence-electron chi connectivity index (χ3n) is 2.51. The van der Waals surface area contributed by atoms with Crippen LogP contribution in [0, 0.1) is 11.6 Å². The predicted octanol–water partition coefficient (Wildman–Crippen LogP) is 1.22. The SMILES string of the molecule is OB(O)c1ccc(OCc2cc(F)cc(F)c2)cc1. The second-order valence-electron chi connectivity index (χ2n) is 4.01. The van der Waals surface area contributed by atoms with E-state index in [1.54, 1.807) is 12.1 Å². The van der Waals surface area contributed by atoms with Gasteiger partial charge in [0, 0.05) is 6.07 Å². The van der Waals surface area contributed by atoms with Crippen molar-refractivity contribution in [3.8, 4) is 5.75 Å². The molecule has 0 heterocycles.